The molecule has 0 N–H and O–H groups in total. The van der Waals surface area contributed by atoms with E-state index in [0.717, 1.165) is 46.8 Å². The van der Waals surface area contributed by atoms with Crippen molar-refractivity contribution in [2.75, 3.05) is 0 Å². The number of benzene rings is 3. The average Bonchev–Trinajstić information content (AvgIpc) is 3.26. The molecule has 0 spiro atoms. The molecule has 34 heavy (non-hydrogen) atoms. The first-order valence-electron chi connectivity index (χ1n) is 11.2. The highest BCUT2D eigenvalue weighted by molar-refractivity contribution is 7.68. The minimum atomic E-state index is -4.36. The van der Waals surface area contributed by atoms with Gasteiger partial charge in [-0.15, -0.1) is 0 Å². The van der Waals surface area contributed by atoms with Crippen LogP contribution in [-0.4, -0.2) is 4.98 Å². The molecule has 2 nitrogen and oxygen atoms in total. The minimum Gasteiger partial charge on any atom is -0.340 e. The maximum absolute atomic E-state index is 13.0. The molecular formula is C28H23F3NOP. The average molecular weight is 477 g/mol. The van der Waals surface area contributed by atoms with Crippen molar-refractivity contribution in [2.45, 2.75) is 32.0 Å². The van der Waals surface area contributed by atoms with Crippen LogP contribution in [0.1, 0.15) is 34.9 Å². The van der Waals surface area contributed by atoms with Gasteiger partial charge in [0.15, 0.2) is 0 Å². The number of nitrogens with zero attached hydrogens (tertiary/aromatic N) is 1. The largest absolute Gasteiger partial charge is 0.416 e. The van der Waals surface area contributed by atoms with E-state index < -0.39 is 19.9 Å². The predicted octanol–water partition coefficient (Wildman–Crippen LogP) is 7.13. The van der Waals surface area contributed by atoms with E-state index in [9.17, 15) is 13.2 Å². The summed E-state index contributed by atoms with van der Waals surface area (Å²) in [5.41, 5.74) is 3.84. The van der Waals surface area contributed by atoms with Gasteiger partial charge in [-0.1, -0.05) is 72.8 Å². The number of pyridine rings is 1. The Balaban J connectivity index is 1.49. The third kappa shape index (κ3) is 4.64. The monoisotopic (exact) mass is 477 g/mol. The fraction of sp³-hybridized carbons (Fsp3) is 0.179. The summed E-state index contributed by atoms with van der Waals surface area (Å²) in [6, 6.07) is 27.6. The number of fused-ring (bicyclic) bond motifs is 1. The predicted molar refractivity (Wildman–Crippen MR) is 131 cm³/mol. The summed E-state index contributed by atoms with van der Waals surface area (Å²) < 4.78 is 45.7. The molecule has 0 radical (unpaired) electrons. The van der Waals surface area contributed by atoms with E-state index in [0.29, 0.717) is 11.3 Å². The molecule has 3 aromatic carbocycles. The number of alkyl halides is 3. The van der Waals surface area contributed by atoms with Gasteiger partial charge in [0, 0.05) is 16.2 Å². The molecule has 1 aromatic heterocycles. The van der Waals surface area contributed by atoms with Gasteiger partial charge in [-0.05, 0) is 49.1 Å². The summed E-state index contributed by atoms with van der Waals surface area (Å²) in [7, 11) is -1.04. The van der Waals surface area contributed by atoms with Gasteiger partial charge in [-0.25, -0.2) is 4.98 Å². The summed E-state index contributed by atoms with van der Waals surface area (Å²) in [4.78, 5) is 4.90. The molecular weight excluding hydrogens is 454 g/mol. The fourth-order valence-corrected chi connectivity index (χ4v) is 6.22. The molecule has 0 saturated heterocycles. The fourth-order valence-electron chi connectivity index (χ4n) is 4.33. The number of aromatic nitrogens is 1. The molecule has 0 aliphatic heterocycles. The Morgan fingerprint density at radius 3 is 2.00 bits per heavy atom. The van der Waals surface area contributed by atoms with E-state index >= 15 is 0 Å². The van der Waals surface area contributed by atoms with Crippen LogP contribution >= 0.6 is 8.15 Å². The van der Waals surface area contributed by atoms with Gasteiger partial charge in [-0.2, -0.15) is 13.2 Å². The third-order valence-corrected chi connectivity index (χ3v) is 8.06. The van der Waals surface area contributed by atoms with Crippen LogP contribution in [-0.2, 0) is 17.1 Å². The van der Waals surface area contributed by atoms with E-state index in [-0.39, 0.29) is 6.10 Å². The summed E-state index contributed by atoms with van der Waals surface area (Å²) in [6.07, 6.45) is -2.82. The van der Waals surface area contributed by atoms with Gasteiger partial charge in [-0.3, -0.25) is 0 Å². The van der Waals surface area contributed by atoms with Crippen molar-refractivity contribution in [1.82, 2.24) is 4.98 Å². The lowest BCUT2D eigenvalue weighted by molar-refractivity contribution is -0.137. The van der Waals surface area contributed by atoms with E-state index in [1.807, 2.05) is 49.4 Å². The zero-order valence-electron chi connectivity index (χ0n) is 18.6. The van der Waals surface area contributed by atoms with Crippen LogP contribution in [0, 0.1) is 6.92 Å². The topological polar surface area (TPSA) is 22.1 Å². The molecule has 1 aliphatic carbocycles. The van der Waals surface area contributed by atoms with Crippen LogP contribution in [0.5, 0.6) is 0 Å². The minimum absolute atomic E-state index is 0.172. The van der Waals surface area contributed by atoms with Crippen molar-refractivity contribution in [3.63, 3.8) is 0 Å². The summed E-state index contributed by atoms with van der Waals surface area (Å²) in [5, 5.41) is 2.26. The molecule has 1 aliphatic rings. The van der Waals surface area contributed by atoms with Crippen molar-refractivity contribution >= 4 is 18.8 Å². The van der Waals surface area contributed by atoms with Crippen LogP contribution in [0.3, 0.4) is 0 Å². The van der Waals surface area contributed by atoms with Crippen LogP contribution in [0.2, 0.25) is 0 Å². The van der Waals surface area contributed by atoms with E-state index in [1.54, 1.807) is 0 Å². The number of hydrogen-bond acceptors (Lipinski definition) is 2. The Morgan fingerprint density at radius 1 is 0.853 bits per heavy atom. The number of rotatable bonds is 5. The molecule has 0 fully saturated rings. The SMILES string of the molecule is Cc1cc(-c2ccc(C(F)(F)F)cc2)nc2c1CC[C@H]2OP(c1ccccc1)c1ccccc1. The first-order valence-corrected chi connectivity index (χ1v) is 12.4. The molecule has 5 rings (SSSR count). The van der Waals surface area contributed by atoms with Crippen molar-refractivity contribution in [3.8, 4) is 11.3 Å². The second-order valence-electron chi connectivity index (χ2n) is 8.36. The molecule has 172 valence electrons. The van der Waals surface area contributed by atoms with Gasteiger partial charge in [0.1, 0.15) is 6.10 Å². The number of halogens is 3. The quantitative estimate of drug-likeness (QED) is 0.285. The zero-order valence-corrected chi connectivity index (χ0v) is 19.5. The molecule has 6 heteroatoms. The molecule has 0 saturated carbocycles. The Morgan fingerprint density at radius 2 is 1.44 bits per heavy atom. The second kappa shape index (κ2) is 9.32. The van der Waals surface area contributed by atoms with Gasteiger partial charge in [0.05, 0.1) is 25.1 Å². The summed E-state index contributed by atoms with van der Waals surface area (Å²) in [6.45, 7) is 2.04. The first-order chi connectivity index (χ1) is 16.4. The van der Waals surface area contributed by atoms with Crippen molar-refractivity contribution < 1.29 is 17.7 Å². The zero-order chi connectivity index (χ0) is 23.7. The van der Waals surface area contributed by atoms with Crippen LogP contribution in [0.25, 0.3) is 11.3 Å². The standard InChI is InChI=1S/C28H23F3NOP/c1-19-18-25(20-12-14-21(15-13-20)28(29,30)31)32-27-24(19)16-17-26(27)33-34(22-8-4-2-5-9-22)23-10-6-3-7-11-23/h2-15,18,26H,16-17H2,1H3/t26-/m1/s1. The van der Waals surface area contributed by atoms with Gasteiger partial charge >= 0.3 is 6.18 Å². The molecule has 0 unspecified atom stereocenters. The lowest BCUT2D eigenvalue weighted by Crippen LogP contribution is -2.15. The Labute approximate surface area is 198 Å². The van der Waals surface area contributed by atoms with Gasteiger partial charge in [0.25, 0.3) is 0 Å². The smallest absolute Gasteiger partial charge is 0.340 e. The van der Waals surface area contributed by atoms with Gasteiger partial charge < -0.3 is 4.52 Å². The van der Waals surface area contributed by atoms with Gasteiger partial charge in [0.2, 0.25) is 0 Å². The van der Waals surface area contributed by atoms with Crippen molar-refractivity contribution in [1.29, 1.82) is 0 Å². The lowest BCUT2D eigenvalue weighted by Gasteiger charge is -2.23. The Kier molecular flexibility index (Phi) is 6.24. The second-order valence-corrected chi connectivity index (χ2v) is 10.2. The lowest BCUT2D eigenvalue weighted by atomic mass is 10.0. The number of hydrogen-bond donors (Lipinski definition) is 0. The highest BCUT2D eigenvalue weighted by atomic mass is 31.1. The Bertz CT molecular complexity index is 1240. The van der Waals surface area contributed by atoms with Crippen LogP contribution in [0.15, 0.2) is 91.0 Å². The van der Waals surface area contributed by atoms with Crippen LogP contribution < -0.4 is 10.6 Å². The van der Waals surface area contributed by atoms with E-state index in [4.69, 9.17) is 9.51 Å². The summed E-state index contributed by atoms with van der Waals surface area (Å²) >= 11 is 0. The van der Waals surface area contributed by atoms with E-state index in [2.05, 4.69) is 24.3 Å². The van der Waals surface area contributed by atoms with Crippen molar-refractivity contribution in [2.24, 2.45) is 0 Å². The third-order valence-electron chi connectivity index (χ3n) is 6.06. The maximum atomic E-state index is 13.0. The highest BCUT2D eigenvalue weighted by Gasteiger charge is 2.32. The maximum Gasteiger partial charge on any atom is 0.416 e. The Hall–Kier alpha value is -3.01. The molecule has 1 heterocycles. The summed E-state index contributed by atoms with van der Waals surface area (Å²) in [5.74, 6) is 0. The molecule has 4 aromatic rings. The normalized spacial score (nSPS) is 15.5. The molecule has 0 amide bonds. The molecule has 1 atom stereocenters. The first kappa shape index (κ1) is 22.8. The molecule has 0 bridgehead atoms. The van der Waals surface area contributed by atoms with Crippen LogP contribution in [0.4, 0.5) is 13.2 Å². The highest BCUT2D eigenvalue weighted by Crippen LogP contribution is 2.46. The van der Waals surface area contributed by atoms with E-state index in [1.165, 1.54) is 17.7 Å². The van der Waals surface area contributed by atoms with Crippen molar-refractivity contribution in [3.05, 3.63) is 113 Å². The number of aryl methyl sites for hydroxylation is 1.